The number of aryl methyl sites for hydroxylation is 1. The lowest BCUT2D eigenvalue weighted by Crippen LogP contribution is -2.56. The molecule has 1 fully saturated rings. The number of rotatable bonds is 3. The van der Waals surface area contributed by atoms with Gasteiger partial charge in [-0.15, -0.1) is 0 Å². The molecular formula is C15H20N4O2. The number of nitrogens with zero attached hydrogens (tertiary/aromatic N) is 3. The molecule has 0 aliphatic carbocycles. The molecule has 0 radical (unpaired) electrons. The first-order valence-electron chi connectivity index (χ1n) is 7.06. The standard InChI is InChI=1S/C15H20N4O2/c1-15(14(16)20)10-19(7-8-21-15)9-13-17-11-5-3-4-6-12(11)18(13)2/h3-6H,7-10H2,1-2H3,(H2,16,20). The molecule has 6 nitrogen and oxygen atoms in total. The number of carbonyl (C=O) groups is 1. The molecule has 1 unspecified atom stereocenters. The summed E-state index contributed by atoms with van der Waals surface area (Å²) in [5.41, 5.74) is 6.62. The van der Waals surface area contributed by atoms with Gasteiger partial charge >= 0.3 is 0 Å². The van der Waals surface area contributed by atoms with Gasteiger partial charge in [-0.05, 0) is 19.1 Å². The predicted molar refractivity (Wildman–Crippen MR) is 79.5 cm³/mol. The minimum absolute atomic E-state index is 0.419. The monoisotopic (exact) mass is 288 g/mol. The van der Waals surface area contributed by atoms with E-state index in [1.54, 1.807) is 6.92 Å². The fraction of sp³-hybridized carbons (Fsp3) is 0.467. The number of nitrogens with two attached hydrogens (primary N) is 1. The Morgan fingerprint density at radius 2 is 2.24 bits per heavy atom. The molecule has 0 spiro atoms. The summed E-state index contributed by atoms with van der Waals surface area (Å²) in [4.78, 5) is 18.4. The summed E-state index contributed by atoms with van der Waals surface area (Å²) in [6, 6.07) is 8.05. The van der Waals surface area contributed by atoms with E-state index in [0.29, 0.717) is 19.7 Å². The smallest absolute Gasteiger partial charge is 0.250 e. The number of imidazole rings is 1. The topological polar surface area (TPSA) is 73.4 Å². The highest BCUT2D eigenvalue weighted by Gasteiger charge is 2.37. The zero-order valence-corrected chi connectivity index (χ0v) is 12.4. The number of aromatic nitrogens is 2. The molecule has 1 aromatic carbocycles. The quantitative estimate of drug-likeness (QED) is 0.900. The third-order valence-corrected chi connectivity index (χ3v) is 4.12. The fourth-order valence-corrected chi connectivity index (χ4v) is 2.77. The van der Waals surface area contributed by atoms with Gasteiger partial charge in [0.15, 0.2) is 5.60 Å². The molecule has 1 aromatic heterocycles. The van der Waals surface area contributed by atoms with Gasteiger partial charge in [-0.3, -0.25) is 9.69 Å². The maximum Gasteiger partial charge on any atom is 0.250 e. The maximum absolute atomic E-state index is 11.5. The van der Waals surface area contributed by atoms with Crippen LogP contribution in [0.25, 0.3) is 11.0 Å². The number of para-hydroxylation sites is 2. The van der Waals surface area contributed by atoms with Crippen molar-refractivity contribution >= 4 is 16.9 Å². The highest BCUT2D eigenvalue weighted by atomic mass is 16.5. The lowest BCUT2D eigenvalue weighted by molar-refractivity contribution is -0.153. The Morgan fingerprint density at radius 3 is 2.95 bits per heavy atom. The molecule has 1 aliphatic rings. The van der Waals surface area contributed by atoms with E-state index in [-0.39, 0.29) is 0 Å². The van der Waals surface area contributed by atoms with E-state index < -0.39 is 11.5 Å². The molecule has 2 N–H and O–H groups in total. The Hall–Kier alpha value is -1.92. The van der Waals surface area contributed by atoms with Gasteiger partial charge in [0.05, 0.1) is 24.2 Å². The van der Waals surface area contributed by atoms with E-state index in [1.807, 2.05) is 25.2 Å². The van der Waals surface area contributed by atoms with Crippen molar-refractivity contribution < 1.29 is 9.53 Å². The maximum atomic E-state index is 11.5. The Kier molecular flexibility index (Phi) is 3.43. The summed E-state index contributed by atoms with van der Waals surface area (Å²) in [7, 11) is 2.01. The van der Waals surface area contributed by atoms with Gasteiger partial charge in [-0.1, -0.05) is 12.1 Å². The summed E-state index contributed by atoms with van der Waals surface area (Å²) in [5, 5.41) is 0. The molecule has 1 amide bonds. The molecule has 21 heavy (non-hydrogen) atoms. The van der Waals surface area contributed by atoms with Gasteiger partial charge in [0.1, 0.15) is 5.82 Å². The average molecular weight is 288 g/mol. The Balaban J connectivity index is 1.82. The van der Waals surface area contributed by atoms with Crippen molar-refractivity contribution in [2.24, 2.45) is 12.8 Å². The van der Waals surface area contributed by atoms with Crippen LogP contribution in [0.5, 0.6) is 0 Å². The number of ether oxygens (including phenoxy) is 1. The lowest BCUT2D eigenvalue weighted by atomic mass is 10.0. The van der Waals surface area contributed by atoms with Gasteiger partial charge in [0, 0.05) is 20.1 Å². The number of primary amides is 1. The summed E-state index contributed by atoms with van der Waals surface area (Å²) in [6.07, 6.45) is 0. The van der Waals surface area contributed by atoms with Crippen molar-refractivity contribution in [3.63, 3.8) is 0 Å². The van der Waals surface area contributed by atoms with Crippen molar-refractivity contribution in [1.82, 2.24) is 14.5 Å². The Morgan fingerprint density at radius 1 is 1.48 bits per heavy atom. The normalized spacial score (nSPS) is 23.5. The van der Waals surface area contributed by atoms with Crippen LogP contribution >= 0.6 is 0 Å². The summed E-state index contributed by atoms with van der Waals surface area (Å²) < 4.78 is 7.63. The summed E-state index contributed by atoms with van der Waals surface area (Å²) in [5.74, 6) is 0.558. The van der Waals surface area contributed by atoms with Gasteiger partial charge in [0.2, 0.25) is 0 Å². The highest BCUT2D eigenvalue weighted by molar-refractivity contribution is 5.83. The second-order valence-electron chi connectivity index (χ2n) is 5.73. The number of hydrogen-bond donors (Lipinski definition) is 1. The first-order valence-corrected chi connectivity index (χ1v) is 7.06. The van der Waals surface area contributed by atoms with Crippen LogP contribution in [0.15, 0.2) is 24.3 Å². The number of hydrogen-bond acceptors (Lipinski definition) is 4. The van der Waals surface area contributed by atoms with E-state index in [0.717, 1.165) is 23.4 Å². The molecule has 0 bridgehead atoms. The third-order valence-electron chi connectivity index (χ3n) is 4.12. The molecule has 6 heteroatoms. The number of morpholine rings is 1. The number of benzene rings is 1. The van der Waals surface area contributed by atoms with E-state index >= 15 is 0 Å². The largest absolute Gasteiger partial charge is 0.367 e. The minimum Gasteiger partial charge on any atom is -0.367 e. The summed E-state index contributed by atoms with van der Waals surface area (Å²) >= 11 is 0. The Bertz CT molecular complexity index is 681. The average Bonchev–Trinajstić information content (AvgIpc) is 2.76. The fourth-order valence-electron chi connectivity index (χ4n) is 2.77. The van der Waals surface area contributed by atoms with Crippen LogP contribution in [0.1, 0.15) is 12.7 Å². The minimum atomic E-state index is -0.914. The number of fused-ring (bicyclic) bond motifs is 1. The van der Waals surface area contributed by atoms with Crippen LogP contribution in [0.3, 0.4) is 0 Å². The van der Waals surface area contributed by atoms with Crippen LogP contribution in [-0.2, 0) is 23.1 Å². The first-order chi connectivity index (χ1) is 9.99. The van der Waals surface area contributed by atoms with Crippen molar-refractivity contribution in [3.05, 3.63) is 30.1 Å². The van der Waals surface area contributed by atoms with Crippen LogP contribution in [0, 0.1) is 0 Å². The second kappa shape index (κ2) is 5.13. The van der Waals surface area contributed by atoms with Gasteiger partial charge < -0.3 is 15.0 Å². The highest BCUT2D eigenvalue weighted by Crippen LogP contribution is 2.20. The van der Waals surface area contributed by atoms with Crippen LogP contribution in [0.4, 0.5) is 0 Å². The van der Waals surface area contributed by atoms with Crippen LogP contribution < -0.4 is 5.73 Å². The first kappa shape index (κ1) is 14.0. The van der Waals surface area contributed by atoms with Crippen molar-refractivity contribution in [1.29, 1.82) is 0 Å². The molecule has 2 aromatic rings. The lowest BCUT2D eigenvalue weighted by Gasteiger charge is -2.38. The SMILES string of the molecule is Cn1c(CN2CCOC(C)(C(N)=O)C2)nc2ccccc21. The van der Waals surface area contributed by atoms with E-state index in [2.05, 4.69) is 20.5 Å². The zero-order valence-electron chi connectivity index (χ0n) is 12.4. The number of carbonyl (C=O) groups excluding carboxylic acids is 1. The molecule has 1 saturated heterocycles. The zero-order chi connectivity index (χ0) is 15.0. The molecule has 0 saturated carbocycles. The van der Waals surface area contributed by atoms with Gasteiger partial charge in [-0.25, -0.2) is 4.98 Å². The van der Waals surface area contributed by atoms with Crippen LogP contribution in [0.2, 0.25) is 0 Å². The predicted octanol–water partition coefficient (Wildman–Crippen LogP) is 0.650. The van der Waals surface area contributed by atoms with Crippen LogP contribution in [-0.4, -0.2) is 45.7 Å². The number of amides is 1. The van der Waals surface area contributed by atoms with Crippen molar-refractivity contribution in [2.75, 3.05) is 19.7 Å². The Labute approximate surface area is 123 Å². The summed E-state index contributed by atoms with van der Waals surface area (Å²) in [6.45, 7) is 4.19. The third kappa shape index (κ3) is 2.52. The van der Waals surface area contributed by atoms with E-state index in [9.17, 15) is 4.79 Å². The van der Waals surface area contributed by atoms with E-state index in [1.165, 1.54) is 0 Å². The van der Waals surface area contributed by atoms with Crippen molar-refractivity contribution in [3.8, 4) is 0 Å². The molecule has 3 rings (SSSR count). The molecule has 1 aliphatic heterocycles. The second-order valence-corrected chi connectivity index (χ2v) is 5.73. The van der Waals surface area contributed by atoms with E-state index in [4.69, 9.17) is 10.5 Å². The molecule has 2 heterocycles. The molecule has 112 valence electrons. The van der Waals surface area contributed by atoms with Crippen molar-refractivity contribution in [2.45, 2.75) is 19.1 Å². The molecule has 1 atom stereocenters. The van der Waals surface area contributed by atoms with Gasteiger partial charge in [0.25, 0.3) is 5.91 Å². The van der Waals surface area contributed by atoms with Gasteiger partial charge in [-0.2, -0.15) is 0 Å². The molecular weight excluding hydrogens is 268 g/mol.